The van der Waals surface area contributed by atoms with E-state index in [0.29, 0.717) is 39.1 Å². The van der Waals surface area contributed by atoms with E-state index in [-0.39, 0.29) is 35.4 Å². The van der Waals surface area contributed by atoms with Crippen molar-refractivity contribution in [1.82, 2.24) is 10.6 Å². The first-order chi connectivity index (χ1) is 10.9. The van der Waals surface area contributed by atoms with Gasteiger partial charge in [0.1, 0.15) is 0 Å². The minimum absolute atomic E-state index is 0. The van der Waals surface area contributed by atoms with Crippen molar-refractivity contribution in [3.8, 4) is 0 Å². The normalized spacial score (nSPS) is 15.7. The van der Waals surface area contributed by atoms with Crippen LogP contribution < -0.4 is 10.6 Å². The van der Waals surface area contributed by atoms with Crippen LogP contribution in [0.2, 0.25) is 0 Å². The lowest BCUT2D eigenvalue weighted by molar-refractivity contribution is -0.138. The smallest absolute Gasteiger partial charge is 0.383 e. The summed E-state index contributed by atoms with van der Waals surface area (Å²) in [6.45, 7) is 2.05. The van der Waals surface area contributed by atoms with E-state index >= 15 is 0 Å². The number of hydrogen-bond acceptors (Lipinski definition) is 3. The van der Waals surface area contributed by atoms with Crippen LogP contribution >= 0.6 is 12.4 Å². The maximum absolute atomic E-state index is 13.3. The van der Waals surface area contributed by atoms with E-state index in [9.17, 15) is 18.0 Å². The highest BCUT2D eigenvalue weighted by molar-refractivity contribution is 5.94. The Hall–Kier alpha value is -1.31. The second-order valence-electron chi connectivity index (χ2n) is 5.57. The van der Waals surface area contributed by atoms with Gasteiger partial charge in [0.25, 0.3) is 5.91 Å². The molecule has 2 rings (SSSR count). The third-order valence-electron chi connectivity index (χ3n) is 3.99. The number of rotatable bonds is 5. The van der Waals surface area contributed by atoms with Gasteiger partial charge in [-0.25, -0.2) is 0 Å². The summed E-state index contributed by atoms with van der Waals surface area (Å²) in [6, 6.07) is 3.64. The van der Waals surface area contributed by atoms with E-state index in [0.717, 1.165) is 6.07 Å². The van der Waals surface area contributed by atoms with Gasteiger partial charge in [-0.1, -0.05) is 0 Å². The molecule has 1 aliphatic rings. The molecule has 1 amide bonds. The molecule has 1 aromatic rings. The van der Waals surface area contributed by atoms with Gasteiger partial charge in [-0.15, -0.1) is 12.4 Å². The van der Waals surface area contributed by atoms with Crippen LogP contribution in [0.1, 0.15) is 40.2 Å². The molecule has 1 aromatic carbocycles. The van der Waals surface area contributed by atoms with E-state index < -0.39 is 11.7 Å². The first-order valence-corrected chi connectivity index (χ1v) is 7.62. The van der Waals surface area contributed by atoms with E-state index in [4.69, 9.17) is 4.74 Å². The van der Waals surface area contributed by atoms with Crippen molar-refractivity contribution in [2.75, 3.05) is 33.4 Å². The highest BCUT2D eigenvalue weighted by atomic mass is 35.5. The molecular formula is C16H22ClF3N2O2. The van der Waals surface area contributed by atoms with Gasteiger partial charge in [0, 0.05) is 19.2 Å². The van der Waals surface area contributed by atoms with Crippen molar-refractivity contribution in [1.29, 1.82) is 0 Å². The fraction of sp³-hybridized carbons (Fsp3) is 0.562. The number of ether oxygens (including phenoxy) is 1. The SMILES string of the molecule is COCCNC(=O)c1ccc(C(F)(F)F)c(C2CCNCC2)c1.Cl. The van der Waals surface area contributed by atoms with E-state index in [1.54, 1.807) is 0 Å². The molecule has 0 aromatic heterocycles. The molecule has 1 heterocycles. The lowest BCUT2D eigenvalue weighted by Crippen LogP contribution is -2.29. The number of halogens is 4. The van der Waals surface area contributed by atoms with Crippen molar-refractivity contribution in [2.45, 2.75) is 24.9 Å². The van der Waals surface area contributed by atoms with Crippen LogP contribution in [-0.2, 0) is 10.9 Å². The molecule has 0 spiro atoms. The average molecular weight is 367 g/mol. The Morgan fingerprint density at radius 3 is 2.58 bits per heavy atom. The van der Waals surface area contributed by atoms with Crippen molar-refractivity contribution in [2.24, 2.45) is 0 Å². The van der Waals surface area contributed by atoms with E-state index in [2.05, 4.69) is 10.6 Å². The summed E-state index contributed by atoms with van der Waals surface area (Å²) >= 11 is 0. The predicted molar refractivity (Wildman–Crippen MR) is 87.7 cm³/mol. The van der Waals surface area contributed by atoms with Gasteiger partial charge >= 0.3 is 6.18 Å². The zero-order valence-electron chi connectivity index (χ0n) is 13.4. The number of piperidine rings is 1. The molecule has 24 heavy (non-hydrogen) atoms. The second-order valence-corrected chi connectivity index (χ2v) is 5.57. The van der Waals surface area contributed by atoms with Gasteiger partial charge < -0.3 is 15.4 Å². The number of methoxy groups -OCH3 is 1. The van der Waals surface area contributed by atoms with Gasteiger partial charge in [0.2, 0.25) is 0 Å². The first kappa shape index (κ1) is 20.7. The number of alkyl halides is 3. The molecule has 0 atom stereocenters. The lowest BCUT2D eigenvalue weighted by Gasteiger charge is -2.26. The third-order valence-corrected chi connectivity index (χ3v) is 3.99. The molecule has 0 saturated carbocycles. The number of amides is 1. The zero-order valence-corrected chi connectivity index (χ0v) is 14.2. The molecule has 1 aliphatic heterocycles. The Labute approximate surface area is 145 Å². The highest BCUT2D eigenvalue weighted by Crippen LogP contribution is 2.38. The van der Waals surface area contributed by atoms with Gasteiger partial charge in [-0.2, -0.15) is 13.2 Å². The summed E-state index contributed by atoms with van der Waals surface area (Å²) in [7, 11) is 1.51. The minimum atomic E-state index is -4.41. The molecule has 0 aliphatic carbocycles. The Kier molecular flexibility index (Phi) is 7.99. The maximum Gasteiger partial charge on any atom is 0.416 e. The second kappa shape index (κ2) is 9.25. The fourth-order valence-corrected chi connectivity index (χ4v) is 2.80. The van der Waals surface area contributed by atoms with Crippen molar-refractivity contribution in [3.05, 3.63) is 34.9 Å². The van der Waals surface area contributed by atoms with Gasteiger partial charge in [0.15, 0.2) is 0 Å². The molecule has 1 fully saturated rings. The number of hydrogen-bond donors (Lipinski definition) is 2. The van der Waals surface area contributed by atoms with Crippen LogP contribution in [-0.4, -0.2) is 39.3 Å². The van der Waals surface area contributed by atoms with Crippen LogP contribution in [0.5, 0.6) is 0 Å². The lowest BCUT2D eigenvalue weighted by atomic mass is 9.85. The van der Waals surface area contributed by atoms with Crippen LogP contribution in [0.15, 0.2) is 18.2 Å². The summed E-state index contributed by atoms with van der Waals surface area (Å²) in [5, 5.41) is 5.77. The van der Waals surface area contributed by atoms with E-state index in [1.807, 2.05) is 0 Å². The summed E-state index contributed by atoms with van der Waals surface area (Å²) in [6.07, 6.45) is -3.14. The molecule has 136 valence electrons. The average Bonchev–Trinajstić information content (AvgIpc) is 2.54. The molecule has 2 N–H and O–H groups in total. The fourth-order valence-electron chi connectivity index (χ4n) is 2.80. The van der Waals surface area contributed by atoms with Crippen LogP contribution in [0, 0.1) is 0 Å². The molecule has 8 heteroatoms. The largest absolute Gasteiger partial charge is 0.416 e. The van der Waals surface area contributed by atoms with Gasteiger partial charge in [0.05, 0.1) is 12.2 Å². The highest BCUT2D eigenvalue weighted by Gasteiger charge is 2.35. The number of carbonyl (C=O) groups excluding carboxylic acids is 1. The van der Waals surface area contributed by atoms with Crippen LogP contribution in [0.4, 0.5) is 13.2 Å². The topological polar surface area (TPSA) is 50.4 Å². The monoisotopic (exact) mass is 366 g/mol. The quantitative estimate of drug-likeness (QED) is 0.788. The number of carbonyl (C=O) groups is 1. The third kappa shape index (κ3) is 5.36. The summed E-state index contributed by atoms with van der Waals surface area (Å²) in [5.74, 6) is -0.564. The van der Waals surface area contributed by atoms with Crippen LogP contribution in [0.3, 0.4) is 0 Å². The molecule has 4 nitrogen and oxygen atoms in total. The van der Waals surface area contributed by atoms with Crippen LogP contribution in [0.25, 0.3) is 0 Å². The Morgan fingerprint density at radius 2 is 2.00 bits per heavy atom. The molecule has 0 bridgehead atoms. The van der Waals surface area contributed by atoms with Crippen molar-refractivity contribution in [3.63, 3.8) is 0 Å². The Bertz CT molecular complexity index is 547. The molecule has 1 saturated heterocycles. The van der Waals surface area contributed by atoms with Crippen molar-refractivity contribution < 1.29 is 22.7 Å². The summed E-state index contributed by atoms with van der Waals surface area (Å²) in [5.41, 5.74) is -0.168. The number of benzene rings is 1. The first-order valence-electron chi connectivity index (χ1n) is 7.62. The summed E-state index contributed by atoms with van der Waals surface area (Å²) in [4.78, 5) is 12.1. The zero-order chi connectivity index (χ0) is 16.9. The van der Waals surface area contributed by atoms with Gasteiger partial charge in [-0.05, 0) is 55.6 Å². The van der Waals surface area contributed by atoms with E-state index in [1.165, 1.54) is 19.2 Å². The number of nitrogens with one attached hydrogen (secondary N) is 2. The summed E-state index contributed by atoms with van der Waals surface area (Å²) < 4.78 is 44.6. The predicted octanol–water partition coefficient (Wildman–Crippen LogP) is 2.97. The Balaban J connectivity index is 0.00000288. The minimum Gasteiger partial charge on any atom is -0.383 e. The molecule has 0 radical (unpaired) electrons. The van der Waals surface area contributed by atoms with Gasteiger partial charge in [-0.3, -0.25) is 4.79 Å². The molecular weight excluding hydrogens is 345 g/mol. The maximum atomic E-state index is 13.3. The van der Waals surface area contributed by atoms with Crippen molar-refractivity contribution >= 4 is 18.3 Å². The molecule has 0 unspecified atom stereocenters. The Morgan fingerprint density at radius 1 is 1.33 bits per heavy atom. The standard InChI is InChI=1S/C16H21F3N2O2.ClH/c1-23-9-8-21-15(22)12-2-3-14(16(17,18)19)13(10-12)11-4-6-20-7-5-11;/h2-3,10-11,20H,4-9H2,1H3,(H,21,22);1H.